The monoisotopic (exact) mass is 582 g/mol. The minimum atomic E-state index is 0. The summed E-state index contributed by atoms with van der Waals surface area (Å²) in [5, 5.41) is 13.4. The Bertz CT molecular complexity index is 387. The summed E-state index contributed by atoms with van der Waals surface area (Å²) in [6.07, 6.45) is 0. The fourth-order valence-corrected chi connectivity index (χ4v) is 1.44. The molecule has 0 saturated carbocycles. The summed E-state index contributed by atoms with van der Waals surface area (Å²) in [6, 6.07) is 2.42. The fraction of sp³-hybridized carbons (Fsp3) is 1.00. The molecule has 0 heterocycles. The molecule has 0 aromatic rings. The van der Waals surface area contributed by atoms with Crippen molar-refractivity contribution in [3.8, 4) is 0 Å². The molecule has 34 heavy (non-hydrogen) atoms. The number of hydrogen-bond acceptors (Lipinski definition) is 4. The molecule has 206 valence electrons. The Morgan fingerprint density at radius 2 is 0.471 bits per heavy atom. The van der Waals surface area contributed by atoms with E-state index in [1.807, 2.05) is 0 Å². The molecule has 4 N–H and O–H groups in total. The van der Waals surface area contributed by atoms with Crippen LogP contribution in [-0.2, 0) is 34.1 Å². The quantitative estimate of drug-likeness (QED) is 0.0860. The first-order valence-electron chi connectivity index (χ1n) is 9.79. The third kappa shape index (κ3) is 174. The molecule has 0 unspecified atom stereocenters. The summed E-state index contributed by atoms with van der Waals surface area (Å²) in [6.45, 7) is 21.6. The van der Waals surface area contributed by atoms with Gasteiger partial charge in [-0.1, -0.05) is 55.4 Å². The van der Waals surface area contributed by atoms with Crippen molar-refractivity contribution in [1.29, 1.82) is 0 Å². The Balaban J connectivity index is -0.0000000437. The van der Waals surface area contributed by atoms with Crippen molar-refractivity contribution in [1.82, 2.24) is 21.3 Å². The SMILES string of the molecule is CC(C)NCCNC(C)C.CC(C)NCCNC(C)C.[Cu+2].[Cu+2].[N-]=[N+]=[N-].[N-]=[N+]=[N-].[N-]=[N+]=[N-].[N-]=[N+]=[N-]. The van der Waals surface area contributed by atoms with E-state index < -0.39 is 0 Å². The molecule has 2 radical (unpaired) electrons. The van der Waals surface area contributed by atoms with Gasteiger partial charge in [-0.2, -0.15) is 0 Å². The zero-order valence-corrected chi connectivity index (χ0v) is 23.0. The Labute approximate surface area is 224 Å². The van der Waals surface area contributed by atoms with Gasteiger partial charge >= 0.3 is 34.1 Å². The maximum absolute atomic E-state index is 6.75. The van der Waals surface area contributed by atoms with Crippen LogP contribution in [0.4, 0.5) is 0 Å². The number of nitrogens with zero attached hydrogens (tertiary/aromatic N) is 12. The van der Waals surface area contributed by atoms with Crippen molar-refractivity contribution < 1.29 is 34.1 Å². The van der Waals surface area contributed by atoms with Crippen LogP contribution < -0.4 is 21.3 Å². The first-order valence-corrected chi connectivity index (χ1v) is 9.79. The van der Waals surface area contributed by atoms with Gasteiger partial charge in [0.15, 0.2) is 0 Å². The van der Waals surface area contributed by atoms with Gasteiger partial charge in [-0.15, -0.1) is 0 Å². The largest absolute Gasteiger partial charge is 2.00 e. The number of hydrogen-bond donors (Lipinski definition) is 4. The number of nitrogens with one attached hydrogen (secondary N) is 4. The molecular formula is C16H40Cu2N16. The van der Waals surface area contributed by atoms with Crippen LogP contribution in [0.15, 0.2) is 0 Å². The van der Waals surface area contributed by atoms with Gasteiger partial charge in [0, 0.05) is 50.3 Å². The van der Waals surface area contributed by atoms with Crippen molar-refractivity contribution >= 4 is 0 Å². The third-order valence-corrected chi connectivity index (χ3v) is 2.46. The maximum Gasteiger partial charge on any atom is 2.00 e. The summed E-state index contributed by atoms with van der Waals surface area (Å²) in [4.78, 5) is 6.00. The van der Waals surface area contributed by atoms with Gasteiger partial charge < -0.3 is 65.5 Å². The maximum atomic E-state index is 6.75. The molecule has 0 spiro atoms. The zero-order valence-electron chi connectivity index (χ0n) is 21.1. The second-order valence-corrected chi connectivity index (χ2v) is 6.79. The van der Waals surface area contributed by atoms with Gasteiger partial charge in [0.25, 0.3) is 0 Å². The summed E-state index contributed by atoms with van der Waals surface area (Å²) in [5.41, 5.74) is 54.0. The Hall–Kier alpha value is -1.88. The van der Waals surface area contributed by atoms with Gasteiger partial charge in [-0.05, 0) is 0 Å². The normalized spacial score (nSPS) is 7.65. The molecule has 0 bridgehead atoms. The van der Waals surface area contributed by atoms with Crippen LogP contribution in [0.5, 0.6) is 0 Å². The van der Waals surface area contributed by atoms with Gasteiger partial charge in [-0.25, -0.2) is 0 Å². The van der Waals surface area contributed by atoms with E-state index in [-0.39, 0.29) is 34.1 Å². The summed E-state index contributed by atoms with van der Waals surface area (Å²) in [5.74, 6) is 0. The molecule has 18 heteroatoms. The van der Waals surface area contributed by atoms with E-state index in [0.717, 1.165) is 26.2 Å². The van der Waals surface area contributed by atoms with E-state index >= 15 is 0 Å². The van der Waals surface area contributed by atoms with Gasteiger partial charge in [0.2, 0.25) is 0 Å². The average Bonchev–Trinajstić information content (AvgIpc) is 2.65. The molecule has 0 aromatic carbocycles. The van der Waals surface area contributed by atoms with Gasteiger partial charge in [0.1, 0.15) is 0 Å². The standard InChI is InChI=1S/2C8H20N2.2Cu.4N3/c2*1-7(2)9-5-6-10-8(3)4;;;4*1-3-2/h2*7-10H,5-6H2,1-4H3;;;;;;/q;;2*+2;4*-1. The molecular weight excluding hydrogens is 543 g/mol. The molecule has 0 saturated heterocycles. The van der Waals surface area contributed by atoms with Crippen molar-refractivity contribution in [3.63, 3.8) is 0 Å². The third-order valence-electron chi connectivity index (χ3n) is 2.46. The Morgan fingerprint density at radius 1 is 0.382 bits per heavy atom. The zero-order chi connectivity index (χ0) is 26.8. The molecule has 0 aliphatic rings. The van der Waals surface area contributed by atoms with Gasteiger partial charge in [0.05, 0.1) is 0 Å². The van der Waals surface area contributed by atoms with Crippen molar-refractivity contribution in [3.05, 3.63) is 63.9 Å². The first-order chi connectivity index (χ1) is 14.9. The van der Waals surface area contributed by atoms with E-state index in [2.05, 4.69) is 76.7 Å². The van der Waals surface area contributed by atoms with E-state index in [4.69, 9.17) is 44.2 Å². The van der Waals surface area contributed by atoms with Crippen molar-refractivity contribution in [2.45, 2.75) is 79.6 Å². The average molecular weight is 584 g/mol. The summed E-state index contributed by atoms with van der Waals surface area (Å²) in [7, 11) is 0. The predicted molar refractivity (Wildman–Crippen MR) is 133 cm³/mol. The van der Waals surface area contributed by atoms with E-state index in [9.17, 15) is 0 Å². The topological polar surface area (TPSA) is 283 Å². The smallest absolute Gasteiger partial charge is 0.373 e. The molecule has 0 amide bonds. The van der Waals surface area contributed by atoms with Crippen LogP contribution in [0.2, 0.25) is 0 Å². The molecule has 0 rings (SSSR count). The van der Waals surface area contributed by atoms with Crippen LogP contribution in [0.1, 0.15) is 55.4 Å². The van der Waals surface area contributed by atoms with Crippen molar-refractivity contribution in [2.24, 2.45) is 0 Å². The molecule has 16 nitrogen and oxygen atoms in total. The Morgan fingerprint density at radius 3 is 0.529 bits per heavy atom. The minimum absolute atomic E-state index is 0. The molecule has 0 aromatic heterocycles. The van der Waals surface area contributed by atoms with E-state index in [0.29, 0.717) is 24.2 Å². The molecule has 0 aliphatic heterocycles. The molecule has 0 atom stereocenters. The fourth-order valence-electron chi connectivity index (χ4n) is 1.44. The summed E-state index contributed by atoms with van der Waals surface area (Å²) < 4.78 is 0. The number of rotatable bonds is 10. The van der Waals surface area contributed by atoms with Crippen LogP contribution in [0.3, 0.4) is 0 Å². The van der Waals surface area contributed by atoms with Crippen molar-refractivity contribution in [2.75, 3.05) is 26.2 Å². The molecule has 0 fully saturated rings. The Kier molecular flexibility index (Phi) is 90.7. The minimum Gasteiger partial charge on any atom is -0.373 e. The van der Waals surface area contributed by atoms with E-state index in [1.54, 1.807) is 0 Å². The van der Waals surface area contributed by atoms with Crippen LogP contribution >= 0.6 is 0 Å². The second kappa shape index (κ2) is 57.7. The second-order valence-electron chi connectivity index (χ2n) is 6.79. The van der Waals surface area contributed by atoms with Gasteiger partial charge in [-0.3, -0.25) is 19.6 Å². The van der Waals surface area contributed by atoms with Crippen LogP contribution in [-0.4, -0.2) is 50.3 Å². The van der Waals surface area contributed by atoms with E-state index in [1.165, 1.54) is 19.6 Å². The predicted octanol–water partition coefficient (Wildman–Crippen LogP) is 5.42. The van der Waals surface area contributed by atoms with Crippen LogP contribution in [0, 0.1) is 0 Å². The first kappa shape index (κ1) is 53.5. The summed E-state index contributed by atoms with van der Waals surface area (Å²) >= 11 is 0. The molecule has 0 aliphatic carbocycles. The van der Waals surface area contributed by atoms with Crippen LogP contribution in [0.25, 0.3) is 63.9 Å².